The van der Waals surface area contributed by atoms with Gasteiger partial charge in [-0.3, -0.25) is 4.90 Å². The maximum Gasteiger partial charge on any atom is 0.415 e. The topological polar surface area (TPSA) is 29.5 Å². The van der Waals surface area contributed by atoms with Crippen LogP contribution in [0.15, 0.2) is 60.4 Å². The minimum Gasteiger partial charge on any atom is -0.412 e. The minimum absolute atomic E-state index is 0.207. The molecule has 1 atom stereocenters. The number of carbonyl (C=O) groups is 1. The molecule has 0 unspecified atom stereocenters. The molecule has 3 rings (SSSR count). The Hall–Kier alpha value is -2.26. The fraction of sp³-hybridized carbons (Fsp3) is 0.250. The summed E-state index contributed by atoms with van der Waals surface area (Å²) in [4.78, 5) is 14.2. The third kappa shape index (κ3) is 3.62. The van der Waals surface area contributed by atoms with Crippen LogP contribution in [-0.4, -0.2) is 17.5 Å². The number of carbonyl (C=O) groups excluding carboxylic acids is 1. The van der Waals surface area contributed by atoms with Gasteiger partial charge in [-0.15, -0.1) is 0 Å². The van der Waals surface area contributed by atoms with Gasteiger partial charge in [-0.05, 0) is 35.8 Å². The van der Waals surface area contributed by atoms with Gasteiger partial charge in [0.1, 0.15) is 11.8 Å². The molecule has 0 bridgehead atoms. The fourth-order valence-corrected chi connectivity index (χ4v) is 2.96. The van der Waals surface area contributed by atoms with E-state index in [1.54, 1.807) is 4.90 Å². The van der Waals surface area contributed by atoms with Crippen molar-refractivity contribution < 1.29 is 9.53 Å². The summed E-state index contributed by atoms with van der Waals surface area (Å²) in [6.07, 6.45) is 3.61. The summed E-state index contributed by atoms with van der Waals surface area (Å²) in [5.74, 6) is 0.657. The van der Waals surface area contributed by atoms with Crippen LogP contribution in [0.3, 0.4) is 0 Å². The van der Waals surface area contributed by atoms with Gasteiger partial charge in [0.15, 0.2) is 0 Å². The molecule has 24 heavy (non-hydrogen) atoms. The van der Waals surface area contributed by atoms with Crippen LogP contribution in [0.2, 0.25) is 5.02 Å². The number of ether oxygens (including phenoxy) is 1. The zero-order valence-electron chi connectivity index (χ0n) is 13.6. The Morgan fingerprint density at radius 1 is 1.12 bits per heavy atom. The molecule has 0 spiro atoms. The van der Waals surface area contributed by atoms with E-state index in [9.17, 15) is 4.79 Å². The van der Waals surface area contributed by atoms with Crippen molar-refractivity contribution in [2.75, 3.05) is 6.54 Å². The normalized spacial score (nSPS) is 18.9. The van der Waals surface area contributed by atoms with Crippen molar-refractivity contribution in [1.82, 2.24) is 4.90 Å². The number of hydrogen-bond acceptors (Lipinski definition) is 2. The Morgan fingerprint density at radius 2 is 1.83 bits per heavy atom. The van der Waals surface area contributed by atoms with Gasteiger partial charge < -0.3 is 4.74 Å². The molecule has 1 aliphatic heterocycles. The molecule has 2 aromatic carbocycles. The molecule has 1 aliphatic rings. The number of halogens is 1. The average molecular weight is 342 g/mol. The van der Waals surface area contributed by atoms with Crippen molar-refractivity contribution >= 4 is 23.8 Å². The van der Waals surface area contributed by atoms with Crippen molar-refractivity contribution in [1.29, 1.82) is 0 Å². The molecule has 4 heteroatoms. The van der Waals surface area contributed by atoms with Gasteiger partial charge >= 0.3 is 6.09 Å². The molecular formula is C20H20ClNO2. The minimum atomic E-state index is -0.286. The zero-order chi connectivity index (χ0) is 16.9. The fourth-order valence-electron chi connectivity index (χ4n) is 2.83. The lowest BCUT2D eigenvalue weighted by atomic mass is 10.0. The summed E-state index contributed by atoms with van der Waals surface area (Å²) >= 11 is 6.01. The van der Waals surface area contributed by atoms with Crippen molar-refractivity contribution in [2.45, 2.75) is 25.8 Å². The maximum atomic E-state index is 12.4. The van der Waals surface area contributed by atoms with Crippen LogP contribution < -0.4 is 0 Å². The second-order valence-corrected chi connectivity index (χ2v) is 6.26. The first-order valence-corrected chi connectivity index (χ1v) is 8.57. The maximum absolute atomic E-state index is 12.4. The SMILES string of the molecule is CCCCN1C(=O)O/C(=C\c2ccccc2)[C@H]1c1ccc(Cl)cc1. The van der Waals surface area contributed by atoms with Gasteiger partial charge in [-0.2, -0.15) is 0 Å². The number of benzene rings is 2. The Labute approximate surface area is 147 Å². The Bertz CT molecular complexity index is 725. The van der Waals surface area contributed by atoms with Crippen LogP contribution in [-0.2, 0) is 4.74 Å². The first kappa shape index (κ1) is 16.6. The summed E-state index contributed by atoms with van der Waals surface area (Å²) < 4.78 is 5.59. The third-order valence-electron chi connectivity index (χ3n) is 4.07. The second kappa shape index (κ2) is 7.54. The molecule has 1 heterocycles. The monoisotopic (exact) mass is 341 g/mol. The summed E-state index contributed by atoms with van der Waals surface area (Å²) in [5, 5.41) is 0.678. The van der Waals surface area contributed by atoms with E-state index in [0.29, 0.717) is 17.3 Å². The van der Waals surface area contributed by atoms with E-state index in [4.69, 9.17) is 16.3 Å². The molecule has 3 nitrogen and oxygen atoms in total. The smallest absolute Gasteiger partial charge is 0.412 e. The molecular weight excluding hydrogens is 322 g/mol. The lowest BCUT2D eigenvalue weighted by Crippen LogP contribution is -2.28. The van der Waals surface area contributed by atoms with Crippen LogP contribution in [0, 0.1) is 0 Å². The van der Waals surface area contributed by atoms with Crippen molar-refractivity contribution in [3.8, 4) is 0 Å². The highest BCUT2D eigenvalue weighted by Crippen LogP contribution is 2.37. The third-order valence-corrected chi connectivity index (χ3v) is 4.32. The Morgan fingerprint density at radius 3 is 2.50 bits per heavy atom. The summed E-state index contributed by atoms with van der Waals surface area (Å²) in [7, 11) is 0. The first-order chi connectivity index (χ1) is 11.7. The summed E-state index contributed by atoms with van der Waals surface area (Å²) in [6.45, 7) is 2.79. The highest BCUT2D eigenvalue weighted by molar-refractivity contribution is 6.30. The predicted octanol–water partition coefficient (Wildman–Crippen LogP) is 5.67. The number of nitrogens with zero attached hydrogens (tertiary/aromatic N) is 1. The number of unbranched alkanes of at least 4 members (excludes halogenated alkanes) is 1. The van der Waals surface area contributed by atoms with Gasteiger partial charge in [0, 0.05) is 11.6 Å². The molecule has 0 N–H and O–H groups in total. The average Bonchev–Trinajstić information content (AvgIpc) is 2.90. The van der Waals surface area contributed by atoms with E-state index in [0.717, 1.165) is 24.0 Å². The largest absolute Gasteiger partial charge is 0.415 e. The molecule has 0 aliphatic carbocycles. The molecule has 1 amide bonds. The van der Waals surface area contributed by atoms with Crippen molar-refractivity contribution in [3.05, 3.63) is 76.5 Å². The number of hydrogen-bond donors (Lipinski definition) is 0. The molecule has 0 radical (unpaired) electrons. The van der Waals surface area contributed by atoms with E-state index in [2.05, 4.69) is 6.92 Å². The molecule has 0 aromatic heterocycles. The predicted molar refractivity (Wildman–Crippen MR) is 96.7 cm³/mol. The standard InChI is InChI=1S/C20H20ClNO2/c1-2-3-13-22-19(16-9-11-17(21)12-10-16)18(24-20(22)23)14-15-7-5-4-6-8-15/h4-12,14,19H,2-3,13H2,1H3/b18-14-/t19-/m1/s1. The molecule has 2 aromatic rings. The second-order valence-electron chi connectivity index (χ2n) is 5.83. The molecule has 0 saturated carbocycles. The van der Waals surface area contributed by atoms with Crippen molar-refractivity contribution in [3.63, 3.8) is 0 Å². The Balaban J connectivity index is 1.98. The van der Waals surface area contributed by atoms with Gasteiger partial charge in [-0.25, -0.2) is 4.79 Å². The van der Waals surface area contributed by atoms with Crippen LogP contribution in [0.4, 0.5) is 4.79 Å². The highest BCUT2D eigenvalue weighted by atomic mass is 35.5. The van der Waals surface area contributed by atoms with E-state index >= 15 is 0 Å². The van der Waals surface area contributed by atoms with Crippen LogP contribution in [0.5, 0.6) is 0 Å². The molecule has 1 saturated heterocycles. The summed E-state index contributed by atoms with van der Waals surface area (Å²) in [5.41, 5.74) is 2.01. The van der Waals surface area contributed by atoms with Gasteiger partial charge in [0.25, 0.3) is 0 Å². The summed E-state index contributed by atoms with van der Waals surface area (Å²) in [6, 6.07) is 17.3. The van der Waals surface area contributed by atoms with E-state index < -0.39 is 0 Å². The number of rotatable bonds is 5. The van der Waals surface area contributed by atoms with E-state index in [1.165, 1.54) is 0 Å². The Kier molecular flexibility index (Phi) is 5.21. The van der Waals surface area contributed by atoms with Crippen LogP contribution in [0.1, 0.15) is 36.9 Å². The van der Waals surface area contributed by atoms with Gasteiger partial charge in [-0.1, -0.05) is 67.4 Å². The molecule has 1 fully saturated rings. The van der Waals surface area contributed by atoms with Gasteiger partial charge in [0.05, 0.1) is 0 Å². The van der Waals surface area contributed by atoms with Crippen LogP contribution >= 0.6 is 11.6 Å². The molecule has 124 valence electrons. The number of cyclic esters (lactones) is 1. The van der Waals surface area contributed by atoms with E-state index in [1.807, 2.05) is 60.7 Å². The zero-order valence-corrected chi connectivity index (χ0v) is 14.4. The lowest BCUT2D eigenvalue weighted by molar-refractivity contribution is 0.164. The van der Waals surface area contributed by atoms with Crippen LogP contribution in [0.25, 0.3) is 6.08 Å². The number of amides is 1. The van der Waals surface area contributed by atoms with Gasteiger partial charge in [0.2, 0.25) is 0 Å². The quantitative estimate of drug-likeness (QED) is 0.700. The highest BCUT2D eigenvalue weighted by Gasteiger charge is 2.38. The first-order valence-electron chi connectivity index (χ1n) is 8.19. The van der Waals surface area contributed by atoms with E-state index in [-0.39, 0.29) is 12.1 Å². The lowest BCUT2D eigenvalue weighted by Gasteiger charge is -2.22. The van der Waals surface area contributed by atoms with Crippen molar-refractivity contribution in [2.24, 2.45) is 0 Å².